The molecule has 3 aromatic carbocycles. The van der Waals surface area contributed by atoms with Gasteiger partial charge in [-0.3, -0.25) is 9.52 Å². The van der Waals surface area contributed by atoms with Crippen LogP contribution in [-0.2, 0) is 14.8 Å². The lowest BCUT2D eigenvalue weighted by molar-refractivity contribution is -0.111. The van der Waals surface area contributed by atoms with Gasteiger partial charge in [0.15, 0.2) is 0 Å². The van der Waals surface area contributed by atoms with E-state index in [2.05, 4.69) is 20.7 Å². The Bertz CT molecular complexity index is 1210. The first-order chi connectivity index (χ1) is 15.3. The van der Waals surface area contributed by atoms with Gasteiger partial charge < -0.3 is 16.0 Å². The molecule has 0 unspecified atom stereocenters. The van der Waals surface area contributed by atoms with Gasteiger partial charge in [0.05, 0.1) is 6.26 Å². The van der Waals surface area contributed by atoms with Gasteiger partial charge in [-0.2, -0.15) is 0 Å². The second-order valence-corrected chi connectivity index (χ2v) is 8.59. The fourth-order valence-electron chi connectivity index (χ4n) is 2.68. The van der Waals surface area contributed by atoms with Crippen LogP contribution in [0.5, 0.6) is 0 Å². The monoisotopic (exact) mass is 450 g/mol. The van der Waals surface area contributed by atoms with Crippen LogP contribution >= 0.6 is 0 Å². The van der Waals surface area contributed by atoms with Crippen LogP contribution in [0.4, 0.5) is 27.5 Å². The Balaban J connectivity index is 1.50. The first kappa shape index (κ1) is 22.6. The van der Waals surface area contributed by atoms with Gasteiger partial charge in [-0.15, -0.1) is 0 Å². The minimum atomic E-state index is -3.33. The number of rotatable bonds is 7. The Morgan fingerprint density at radius 2 is 1.19 bits per heavy atom. The van der Waals surface area contributed by atoms with Crippen molar-refractivity contribution in [3.05, 3.63) is 90.5 Å². The van der Waals surface area contributed by atoms with Gasteiger partial charge >= 0.3 is 6.03 Å². The summed E-state index contributed by atoms with van der Waals surface area (Å²) in [5.74, 6) is -0.328. The molecule has 32 heavy (non-hydrogen) atoms. The predicted molar refractivity (Wildman–Crippen MR) is 128 cm³/mol. The van der Waals surface area contributed by atoms with Gasteiger partial charge in [0.25, 0.3) is 0 Å². The lowest BCUT2D eigenvalue weighted by Crippen LogP contribution is -2.19. The number of hydrogen-bond donors (Lipinski definition) is 4. The standard InChI is InChI=1S/C23H22N4O4S/c1-32(30,31)27-21-10-7-17(8-11-21)9-16-22(28)24-19-12-14-20(15-13-19)26-23(29)25-18-5-3-2-4-6-18/h2-16,27H,1H3,(H,24,28)(H2,25,26,29)/b16-9-. The highest BCUT2D eigenvalue weighted by Crippen LogP contribution is 2.15. The number of amides is 3. The largest absolute Gasteiger partial charge is 0.323 e. The molecule has 0 saturated heterocycles. The van der Waals surface area contributed by atoms with E-state index in [1.165, 1.54) is 6.08 Å². The number of benzene rings is 3. The van der Waals surface area contributed by atoms with E-state index in [0.717, 1.165) is 11.8 Å². The van der Waals surface area contributed by atoms with Crippen molar-refractivity contribution in [2.75, 3.05) is 26.9 Å². The van der Waals surface area contributed by atoms with E-state index in [1.54, 1.807) is 66.7 Å². The van der Waals surface area contributed by atoms with Crippen molar-refractivity contribution in [1.29, 1.82) is 0 Å². The van der Waals surface area contributed by atoms with Gasteiger partial charge in [-0.05, 0) is 60.2 Å². The van der Waals surface area contributed by atoms with E-state index >= 15 is 0 Å². The average molecular weight is 451 g/mol. The summed E-state index contributed by atoms with van der Waals surface area (Å²) in [5, 5.41) is 8.17. The number of anilines is 4. The van der Waals surface area contributed by atoms with Gasteiger partial charge in [-0.1, -0.05) is 30.3 Å². The smallest absolute Gasteiger partial charge is 0.323 e. The molecule has 4 N–H and O–H groups in total. The van der Waals surface area contributed by atoms with Crippen molar-refractivity contribution in [3.63, 3.8) is 0 Å². The van der Waals surface area contributed by atoms with Crippen LogP contribution in [0.15, 0.2) is 84.9 Å². The number of urea groups is 1. The summed E-state index contributed by atoms with van der Waals surface area (Å²) in [4.78, 5) is 24.2. The Morgan fingerprint density at radius 1 is 0.688 bits per heavy atom. The highest BCUT2D eigenvalue weighted by Gasteiger charge is 2.04. The van der Waals surface area contributed by atoms with Gasteiger partial charge in [-0.25, -0.2) is 13.2 Å². The Labute approximate surface area is 186 Å². The summed E-state index contributed by atoms with van der Waals surface area (Å²) in [7, 11) is -3.33. The van der Waals surface area contributed by atoms with Crippen molar-refractivity contribution in [3.8, 4) is 0 Å². The van der Waals surface area contributed by atoms with Crippen LogP contribution < -0.4 is 20.7 Å². The molecule has 0 aromatic heterocycles. The zero-order valence-corrected chi connectivity index (χ0v) is 18.0. The van der Waals surface area contributed by atoms with Crippen LogP contribution in [0.1, 0.15) is 5.56 Å². The molecule has 3 rings (SSSR count). The van der Waals surface area contributed by atoms with E-state index in [0.29, 0.717) is 22.7 Å². The molecule has 8 nitrogen and oxygen atoms in total. The molecule has 0 radical (unpaired) electrons. The first-order valence-corrected chi connectivity index (χ1v) is 11.5. The minimum Gasteiger partial charge on any atom is -0.323 e. The second-order valence-electron chi connectivity index (χ2n) is 6.84. The Morgan fingerprint density at radius 3 is 1.75 bits per heavy atom. The quantitative estimate of drug-likeness (QED) is 0.400. The molecule has 0 aliphatic rings. The minimum absolute atomic E-state index is 0.328. The maximum Gasteiger partial charge on any atom is 0.323 e. The van der Waals surface area contributed by atoms with E-state index in [4.69, 9.17) is 0 Å². The summed E-state index contributed by atoms with van der Waals surface area (Å²) in [6, 6.07) is 22.0. The zero-order valence-electron chi connectivity index (χ0n) is 17.2. The van der Waals surface area contributed by atoms with Crippen molar-refractivity contribution in [2.24, 2.45) is 0 Å². The molecule has 9 heteroatoms. The zero-order chi connectivity index (χ0) is 23.0. The van der Waals surface area contributed by atoms with E-state index in [1.807, 2.05) is 18.2 Å². The third kappa shape index (κ3) is 7.62. The summed E-state index contributed by atoms with van der Waals surface area (Å²) < 4.78 is 24.8. The lowest BCUT2D eigenvalue weighted by Gasteiger charge is -2.08. The Hall–Kier alpha value is -4.11. The summed E-state index contributed by atoms with van der Waals surface area (Å²) >= 11 is 0. The third-order valence-electron chi connectivity index (χ3n) is 4.08. The maximum atomic E-state index is 12.1. The number of para-hydroxylation sites is 1. The van der Waals surface area contributed by atoms with Crippen LogP contribution in [0.2, 0.25) is 0 Å². The van der Waals surface area contributed by atoms with Crippen molar-refractivity contribution in [2.45, 2.75) is 0 Å². The number of carbonyl (C=O) groups excluding carboxylic acids is 2. The molecule has 0 spiro atoms. The van der Waals surface area contributed by atoms with Gasteiger partial charge in [0.1, 0.15) is 0 Å². The highest BCUT2D eigenvalue weighted by atomic mass is 32.2. The summed E-state index contributed by atoms with van der Waals surface area (Å²) in [5.41, 5.74) is 3.02. The fourth-order valence-corrected chi connectivity index (χ4v) is 3.25. The number of hydrogen-bond acceptors (Lipinski definition) is 4. The summed E-state index contributed by atoms with van der Waals surface area (Å²) in [6.45, 7) is 0. The maximum absolute atomic E-state index is 12.1. The molecular weight excluding hydrogens is 428 g/mol. The third-order valence-corrected chi connectivity index (χ3v) is 4.69. The normalized spacial score (nSPS) is 11.0. The second kappa shape index (κ2) is 10.3. The van der Waals surface area contributed by atoms with Crippen molar-refractivity contribution >= 4 is 50.8 Å². The lowest BCUT2D eigenvalue weighted by atomic mass is 10.2. The number of sulfonamides is 1. The van der Waals surface area contributed by atoms with Gasteiger partial charge in [0, 0.05) is 28.8 Å². The fraction of sp³-hybridized carbons (Fsp3) is 0.0435. The SMILES string of the molecule is CS(=O)(=O)Nc1ccc(/C=C\C(=O)Nc2ccc(NC(=O)Nc3ccccc3)cc2)cc1. The average Bonchev–Trinajstić information content (AvgIpc) is 2.74. The molecule has 3 aromatic rings. The van der Waals surface area contributed by atoms with E-state index in [-0.39, 0.29) is 11.9 Å². The molecule has 0 aliphatic heterocycles. The summed E-state index contributed by atoms with van der Waals surface area (Å²) in [6.07, 6.45) is 4.06. The molecule has 0 heterocycles. The highest BCUT2D eigenvalue weighted by molar-refractivity contribution is 7.92. The van der Waals surface area contributed by atoms with E-state index < -0.39 is 10.0 Å². The number of nitrogens with one attached hydrogen (secondary N) is 4. The van der Waals surface area contributed by atoms with Crippen LogP contribution in [0.3, 0.4) is 0 Å². The molecule has 164 valence electrons. The van der Waals surface area contributed by atoms with Crippen LogP contribution in [0.25, 0.3) is 6.08 Å². The molecule has 0 aliphatic carbocycles. The van der Waals surface area contributed by atoms with E-state index in [9.17, 15) is 18.0 Å². The molecule has 0 atom stereocenters. The molecule has 0 saturated carbocycles. The Kier molecular flexibility index (Phi) is 7.25. The van der Waals surface area contributed by atoms with Gasteiger partial charge in [0.2, 0.25) is 15.9 Å². The molecule has 0 fully saturated rings. The predicted octanol–water partition coefficient (Wildman–Crippen LogP) is 4.35. The van der Waals surface area contributed by atoms with Crippen molar-refractivity contribution in [1.82, 2.24) is 0 Å². The topological polar surface area (TPSA) is 116 Å². The number of carbonyl (C=O) groups is 2. The van der Waals surface area contributed by atoms with Crippen molar-refractivity contribution < 1.29 is 18.0 Å². The first-order valence-electron chi connectivity index (χ1n) is 9.57. The van der Waals surface area contributed by atoms with Crippen LogP contribution in [0, 0.1) is 0 Å². The van der Waals surface area contributed by atoms with Crippen LogP contribution in [-0.4, -0.2) is 26.6 Å². The molecular formula is C23H22N4O4S. The molecule has 0 bridgehead atoms. The molecule has 3 amide bonds.